The Morgan fingerprint density at radius 3 is 2.65 bits per heavy atom. The first-order valence-corrected chi connectivity index (χ1v) is 6.61. The van der Waals surface area contributed by atoms with Crippen LogP contribution in [-0.2, 0) is 11.2 Å². The van der Waals surface area contributed by atoms with E-state index in [1.165, 1.54) is 0 Å². The van der Waals surface area contributed by atoms with Gasteiger partial charge in [0.25, 0.3) is 0 Å². The van der Waals surface area contributed by atoms with Crippen LogP contribution in [0.3, 0.4) is 0 Å². The van der Waals surface area contributed by atoms with Gasteiger partial charge in [-0.15, -0.1) is 0 Å². The number of para-hydroxylation sites is 1. The van der Waals surface area contributed by atoms with Crippen molar-refractivity contribution in [3.05, 3.63) is 35.5 Å². The van der Waals surface area contributed by atoms with Crippen molar-refractivity contribution in [2.45, 2.75) is 20.3 Å². The maximum atomic E-state index is 11.5. The number of carbonyl (C=O) groups excluding carboxylic acids is 1. The number of aromatic nitrogens is 1. The van der Waals surface area contributed by atoms with E-state index in [0.29, 0.717) is 13.0 Å². The Labute approximate surface area is 117 Å². The lowest BCUT2D eigenvalue weighted by atomic mass is 10.1. The van der Waals surface area contributed by atoms with Gasteiger partial charge in [-0.25, -0.2) is 4.79 Å². The summed E-state index contributed by atoms with van der Waals surface area (Å²) in [5, 5.41) is 12.9. The van der Waals surface area contributed by atoms with Gasteiger partial charge in [-0.2, -0.15) is 0 Å². The number of aromatic amines is 1. The van der Waals surface area contributed by atoms with Gasteiger partial charge in [-0.1, -0.05) is 32.0 Å². The Morgan fingerprint density at radius 1 is 1.30 bits per heavy atom. The number of hydrogen-bond acceptors (Lipinski definition) is 2. The Balaban J connectivity index is 2.21. The zero-order valence-corrected chi connectivity index (χ0v) is 11.6. The number of fused-ring (bicyclic) bond motifs is 1. The molecule has 0 aliphatic heterocycles. The predicted octanol–water partition coefficient (Wildman–Crippen LogP) is 2.18. The van der Waals surface area contributed by atoms with Crippen LogP contribution in [-0.4, -0.2) is 28.5 Å². The zero-order valence-electron chi connectivity index (χ0n) is 11.6. The maximum absolute atomic E-state index is 11.5. The van der Waals surface area contributed by atoms with E-state index < -0.39 is 5.97 Å². The second-order valence-electron chi connectivity index (χ2n) is 5.03. The standard InChI is InChI=1S/C15H18N2O3/c1-9(2)14(18)16-8-7-11-10-5-3-4-6-12(10)17-13(11)15(19)20/h3-6,9,17H,7-8H2,1-2H3,(H,16,18)(H,19,20). The summed E-state index contributed by atoms with van der Waals surface area (Å²) in [6.07, 6.45) is 0.490. The van der Waals surface area contributed by atoms with Crippen molar-refractivity contribution in [1.82, 2.24) is 10.3 Å². The molecule has 0 fully saturated rings. The van der Waals surface area contributed by atoms with Gasteiger partial charge in [0.05, 0.1) is 0 Å². The number of aromatic carboxylic acids is 1. The van der Waals surface area contributed by atoms with E-state index in [-0.39, 0.29) is 17.5 Å². The Morgan fingerprint density at radius 2 is 2.00 bits per heavy atom. The molecule has 0 unspecified atom stereocenters. The minimum Gasteiger partial charge on any atom is -0.477 e. The summed E-state index contributed by atoms with van der Waals surface area (Å²) in [7, 11) is 0. The van der Waals surface area contributed by atoms with E-state index >= 15 is 0 Å². The molecule has 0 atom stereocenters. The Bertz CT molecular complexity index is 644. The van der Waals surface area contributed by atoms with Crippen molar-refractivity contribution in [1.29, 1.82) is 0 Å². The van der Waals surface area contributed by atoms with Crippen LogP contribution in [0.2, 0.25) is 0 Å². The van der Waals surface area contributed by atoms with Crippen molar-refractivity contribution in [2.75, 3.05) is 6.54 Å². The smallest absolute Gasteiger partial charge is 0.352 e. The summed E-state index contributed by atoms with van der Waals surface area (Å²) in [4.78, 5) is 25.7. The van der Waals surface area contributed by atoms with Crippen molar-refractivity contribution in [2.24, 2.45) is 5.92 Å². The fourth-order valence-electron chi connectivity index (χ4n) is 2.16. The average molecular weight is 274 g/mol. The monoisotopic (exact) mass is 274 g/mol. The van der Waals surface area contributed by atoms with Crippen molar-refractivity contribution >= 4 is 22.8 Å². The van der Waals surface area contributed by atoms with Crippen molar-refractivity contribution in [3.8, 4) is 0 Å². The lowest BCUT2D eigenvalue weighted by Gasteiger charge is -2.07. The number of rotatable bonds is 5. The second-order valence-corrected chi connectivity index (χ2v) is 5.03. The number of H-pyrrole nitrogens is 1. The molecule has 0 bridgehead atoms. The first-order chi connectivity index (χ1) is 9.50. The van der Waals surface area contributed by atoms with Gasteiger partial charge in [0.1, 0.15) is 5.69 Å². The van der Waals surface area contributed by atoms with E-state index in [2.05, 4.69) is 10.3 Å². The quantitative estimate of drug-likeness (QED) is 0.781. The van der Waals surface area contributed by atoms with Gasteiger partial charge >= 0.3 is 5.97 Å². The lowest BCUT2D eigenvalue weighted by Crippen LogP contribution is -2.29. The molecule has 3 N–H and O–H groups in total. The number of benzene rings is 1. The van der Waals surface area contributed by atoms with Crippen molar-refractivity contribution in [3.63, 3.8) is 0 Å². The van der Waals surface area contributed by atoms with Crippen LogP contribution in [0, 0.1) is 5.92 Å². The van der Waals surface area contributed by atoms with Crippen LogP contribution < -0.4 is 5.32 Å². The number of carboxylic acids is 1. The minimum absolute atomic E-state index is 0.0262. The summed E-state index contributed by atoms with van der Waals surface area (Å²) in [5.74, 6) is -1.08. The average Bonchev–Trinajstić information content (AvgIpc) is 2.78. The molecule has 20 heavy (non-hydrogen) atoms. The van der Waals surface area contributed by atoms with Gasteiger partial charge in [-0.05, 0) is 18.1 Å². The summed E-state index contributed by atoms with van der Waals surface area (Å²) >= 11 is 0. The zero-order chi connectivity index (χ0) is 14.7. The molecular weight excluding hydrogens is 256 g/mol. The number of carbonyl (C=O) groups is 2. The molecule has 2 rings (SSSR count). The van der Waals surface area contributed by atoms with E-state index in [0.717, 1.165) is 16.5 Å². The topological polar surface area (TPSA) is 82.2 Å². The van der Waals surface area contributed by atoms with Crippen LogP contribution in [0.15, 0.2) is 24.3 Å². The van der Waals surface area contributed by atoms with Gasteiger partial charge in [0.15, 0.2) is 0 Å². The number of amides is 1. The Hall–Kier alpha value is -2.30. The van der Waals surface area contributed by atoms with Crippen LogP contribution in [0.1, 0.15) is 29.9 Å². The molecule has 0 aliphatic rings. The molecular formula is C15H18N2O3. The molecule has 2 aromatic rings. The highest BCUT2D eigenvalue weighted by molar-refractivity contribution is 5.97. The van der Waals surface area contributed by atoms with Crippen LogP contribution >= 0.6 is 0 Å². The first-order valence-electron chi connectivity index (χ1n) is 6.61. The van der Waals surface area contributed by atoms with Crippen molar-refractivity contribution < 1.29 is 14.7 Å². The third-order valence-corrected chi connectivity index (χ3v) is 3.23. The maximum Gasteiger partial charge on any atom is 0.352 e. The molecule has 0 aliphatic carbocycles. The SMILES string of the molecule is CC(C)C(=O)NCCc1c(C(=O)O)[nH]c2ccccc12. The molecule has 0 saturated heterocycles. The van der Waals surface area contributed by atoms with Crippen LogP contribution in [0.25, 0.3) is 10.9 Å². The molecule has 1 heterocycles. The molecule has 0 spiro atoms. The summed E-state index contributed by atoms with van der Waals surface area (Å²) in [6, 6.07) is 7.46. The van der Waals surface area contributed by atoms with Gasteiger partial charge < -0.3 is 15.4 Å². The van der Waals surface area contributed by atoms with Gasteiger partial charge in [0.2, 0.25) is 5.91 Å². The largest absolute Gasteiger partial charge is 0.477 e. The lowest BCUT2D eigenvalue weighted by molar-refractivity contribution is -0.123. The second kappa shape index (κ2) is 5.77. The van der Waals surface area contributed by atoms with E-state index in [4.69, 9.17) is 0 Å². The summed E-state index contributed by atoms with van der Waals surface area (Å²) in [6.45, 7) is 4.08. The normalized spacial score (nSPS) is 10.9. The van der Waals surface area contributed by atoms with E-state index in [9.17, 15) is 14.7 Å². The third kappa shape index (κ3) is 2.82. The third-order valence-electron chi connectivity index (χ3n) is 3.23. The number of nitrogens with one attached hydrogen (secondary N) is 2. The molecule has 0 radical (unpaired) electrons. The molecule has 1 amide bonds. The molecule has 1 aromatic carbocycles. The molecule has 0 saturated carbocycles. The molecule has 5 nitrogen and oxygen atoms in total. The molecule has 106 valence electrons. The summed E-state index contributed by atoms with van der Waals surface area (Å²) in [5.41, 5.74) is 1.73. The number of hydrogen-bond donors (Lipinski definition) is 3. The first kappa shape index (κ1) is 14.1. The van der Waals surface area contributed by atoms with E-state index in [1.54, 1.807) is 0 Å². The minimum atomic E-state index is -0.980. The van der Waals surface area contributed by atoms with Crippen LogP contribution in [0.4, 0.5) is 0 Å². The van der Waals surface area contributed by atoms with Gasteiger partial charge in [0, 0.05) is 23.4 Å². The fraction of sp³-hybridized carbons (Fsp3) is 0.333. The van der Waals surface area contributed by atoms with Gasteiger partial charge in [-0.3, -0.25) is 4.79 Å². The molecule has 5 heteroatoms. The Kier molecular flexibility index (Phi) is 4.08. The summed E-state index contributed by atoms with van der Waals surface area (Å²) < 4.78 is 0. The highest BCUT2D eigenvalue weighted by Gasteiger charge is 2.16. The van der Waals surface area contributed by atoms with Crippen LogP contribution in [0.5, 0.6) is 0 Å². The van der Waals surface area contributed by atoms with E-state index in [1.807, 2.05) is 38.1 Å². The predicted molar refractivity (Wildman–Crippen MR) is 76.8 cm³/mol. The highest BCUT2D eigenvalue weighted by Crippen LogP contribution is 2.22. The molecule has 1 aromatic heterocycles. The fourth-order valence-corrected chi connectivity index (χ4v) is 2.16. The highest BCUT2D eigenvalue weighted by atomic mass is 16.4. The number of carboxylic acid groups (broad SMARTS) is 1.